The van der Waals surface area contributed by atoms with Crippen molar-refractivity contribution in [3.63, 3.8) is 0 Å². The van der Waals surface area contributed by atoms with E-state index >= 15 is 0 Å². The summed E-state index contributed by atoms with van der Waals surface area (Å²) in [5, 5.41) is 18.7. The second-order valence-electron chi connectivity index (χ2n) is 4.46. The fourth-order valence-corrected chi connectivity index (χ4v) is 1.94. The van der Waals surface area contributed by atoms with E-state index in [0.29, 0.717) is 0 Å². The molecule has 0 aliphatic carbocycles. The maximum atomic E-state index is 13.2. The molecular weight excluding hydrogens is 253 g/mol. The smallest absolute Gasteiger partial charge is 0.226 e. The van der Waals surface area contributed by atoms with E-state index in [-0.39, 0.29) is 37.8 Å². The van der Waals surface area contributed by atoms with Crippen molar-refractivity contribution in [2.24, 2.45) is 0 Å². The molecule has 1 aliphatic heterocycles. The summed E-state index contributed by atoms with van der Waals surface area (Å²) in [4.78, 5) is 13.1. The van der Waals surface area contributed by atoms with Crippen molar-refractivity contribution in [1.29, 1.82) is 0 Å². The summed E-state index contributed by atoms with van der Waals surface area (Å²) in [5.41, 5.74) is 0. The van der Waals surface area contributed by atoms with Crippen molar-refractivity contribution < 1.29 is 24.1 Å². The minimum Gasteiger partial charge on any atom is -0.490 e. The molecule has 2 atom stereocenters. The predicted molar refractivity (Wildman–Crippen MR) is 65.1 cm³/mol. The number of benzene rings is 1. The van der Waals surface area contributed by atoms with Crippen molar-refractivity contribution in [2.75, 3.05) is 19.7 Å². The average molecular weight is 269 g/mol. The van der Waals surface area contributed by atoms with Gasteiger partial charge in [-0.3, -0.25) is 4.79 Å². The molecule has 5 nitrogen and oxygen atoms in total. The summed E-state index contributed by atoms with van der Waals surface area (Å²) < 4.78 is 18.4. The Morgan fingerprint density at radius 2 is 1.95 bits per heavy atom. The molecule has 0 bridgehead atoms. The highest BCUT2D eigenvalue weighted by Gasteiger charge is 2.32. The predicted octanol–water partition coefficient (Wildman–Crippen LogP) is 0.159. The van der Waals surface area contributed by atoms with Crippen molar-refractivity contribution in [3.05, 3.63) is 30.1 Å². The molecule has 1 fully saturated rings. The molecule has 1 aliphatic rings. The number of carbonyl (C=O) groups excluding carboxylic acids is 1. The first kappa shape index (κ1) is 13.8. The Hall–Kier alpha value is -1.66. The zero-order chi connectivity index (χ0) is 13.8. The molecular formula is C13H16FNO4. The largest absolute Gasteiger partial charge is 0.490 e. The van der Waals surface area contributed by atoms with Crippen LogP contribution in [0.1, 0.15) is 6.42 Å². The first-order valence-corrected chi connectivity index (χ1v) is 6.09. The van der Waals surface area contributed by atoms with Gasteiger partial charge < -0.3 is 19.8 Å². The van der Waals surface area contributed by atoms with Crippen molar-refractivity contribution >= 4 is 5.91 Å². The molecule has 0 aromatic heterocycles. The monoisotopic (exact) mass is 269 g/mol. The van der Waals surface area contributed by atoms with E-state index in [9.17, 15) is 19.4 Å². The van der Waals surface area contributed by atoms with Gasteiger partial charge in [0.25, 0.3) is 0 Å². The number of para-hydroxylation sites is 1. The number of halogens is 1. The van der Waals surface area contributed by atoms with Gasteiger partial charge in [-0.2, -0.15) is 0 Å². The van der Waals surface area contributed by atoms with Gasteiger partial charge in [0, 0.05) is 13.1 Å². The number of amides is 1. The van der Waals surface area contributed by atoms with Crippen LogP contribution in [-0.2, 0) is 4.79 Å². The molecule has 2 N–H and O–H groups in total. The van der Waals surface area contributed by atoms with Crippen LogP contribution in [0, 0.1) is 5.82 Å². The number of likely N-dealkylation sites (tertiary alicyclic amines) is 1. The van der Waals surface area contributed by atoms with Crippen molar-refractivity contribution in [1.82, 2.24) is 4.90 Å². The van der Waals surface area contributed by atoms with E-state index in [1.165, 1.54) is 17.0 Å². The van der Waals surface area contributed by atoms with E-state index in [2.05, 4.69) is 0 Å². The number of nitrogens with zero attached hydrogens (tertiary/aromatic N) is 1. The number of ether oxygens (including phenoxy) is 1. The van der Waals surface area contributed by atoms with Gasteiger partial charge in [0.2, 0.25) is 5.91 Å². The Morgan fingerprint density at radius 1 is 1.32 bits per heavy atom. The van der Waals surface area contributed by atoms with Gasteiger partial charge in [-0.1, -0.05) is 12.1 Å². The lowest BCUT2D eigenvalue weighted by Crippen LogP contribution is -2.30. The minimum atomic E-state index is -0.892. The Morgan fingerprint density at radius 3 is 2.58 bits per heavy atom. The molecule has 0 unspecified atom stereocenters. The molecule has 104 valence electrons. The molecule has 0 spiro atoms. The van der Waals surface area contributed by atoms with Crippen LogP contribution in [0.25, 0.3) is 0 Å². The Bertz CT molecular complexity index is 444. The minimum absolute atomic E-state index is 0.0580. The normalized spacial score (nSPS) is 22.6. The number of carbonyl (C=O) groups is 1. The third-order valence-corrected chi connectivity index (χ3v) is 3.02. The summed E-state index contributed by atoms with van der Waals surface area (Å²) >= 11 is 0. The third kappa shape index (κ3) is 3.42. The van der Waals surface area contributed by atoms with Crippen LogP contribution in [0.2, 0.25) is 0 Å². The fraction of sp³-hybridized carbons (Fsp3) is 0.462. The summed E-state index contributed by atoms with van der Waals surface area (Å²) in [7, 11) is 0. The van der Waals surface area contributed by atoms with Crippen LogP contribution in [0.15, 0.2) is 24.3 Å². The van der Waals surface area contributed by atoms with Gasteiger partial charge in [0.1, 0.15) is 0 Å². The van der Waals surface area contributed by atoms with Crippen LogP contribution in [0.3, 0.4) is 0 Å². The van der Waals surface area contributed by atoms with Crippen molar-refractivity contribution in [2.45, 2.75) is 18.6 Å². The van der Waals surface area contributed by atoms with Crippen LogP contribution < -0.4 is 4.74 Å². The highest BCUT2D eigenvalue weighted by Crippen LogP contribution is 2.16. The van der Waals surface area contributed by atoms with Gasteiger partial charge >= 0.3 is 0 Å². The molecule has 1 aromatic carbocycles. The maximum absolute atomic E-state index is 13.2. The van der Waals surface area contributed by atoms with Gasteiger partial charge in [0.15, 0.2) is 11.6 Å². The number of hydrogen-bond donors (Lipinski definition) is 2. The number of aliphatic hydroxyl groups is 2. The molecule has 1 aromatic rings. The van der Waals surface area contributed by atoms with Crippen LogP contribution in [0.5, 0.6) is 5.75 Å². The average Bonchev–Trinajstić information content (AvgIpc) is 2.72. The summed E-state index contributed by atoms with van der Waals surface area (Å²) in [6.07, 6.45) is -1.71. The molecule has 19 heavy (non-hydrogen) atoms. The van der Waals surface area contributed by atoms with E-state index in [0.717, 1.165) is 0 Å². The van der Waals surface area contributed by atoms with E-state index in [4.69, 9.17) is 4.74 Å². The highest BCUT2D eigenvalue weighted by molar-refractivity contribution is 5.76. The first-order chi connectivity index (χ1) is 9.08. The van der Waals surface area contributed by atoms with E-state index in [1.54, 1.807) is 12.1 Å². The topological polar surface area (TPSA) is 70.0 Å². The van der Waals surface area contributed by atoms with Crippen molar-refractivity contribution in [3.8, 4) is 5.75 Å². The van der Waals surface area contributed by atoms with E-state index in [1.807, 2.05) is 0 Å². The lowest BCUT2D eigenvalue weighted by molar-refractivity contribution is -0.131. The summed E-state index contributed by atoms with van der Waals surface area (Å²) in [6.45, 7) is 0.307. The zero-order valence-corrected chi connectivity index (χ0v) is 10.3. The van der Waals surface area contributed by atoms with Gasteiger partial charge in [-0.25, -0.2) is 4.39 Å². The number of aliphatic hydroxyl groups excluding tert-OH is 2. The maximum Gasteiger partial charge on any atom is 0.226 e. The Labute approximate surface area is 110 Å². The second kappa shape index (κ2) is 5.99. The number of β-amino-alcohol motifs (C(OH)–C–C–N with tert-alkyl or cyclic N) is 2. The Balaban J connectivity index is 1.77. The van der Waals surface area contributed by atoms with Crippen LogP contribution >= 0.6 is 0 Å². The first-order valence-electron chi connectivity index (χ1n) is 6.09. The lowest BCUT2D eigenvalue weighted by atomic mass is 10.3. The number of rotatable bonds is 4. The highest BCUT2D eigenvalue weighted by atomic mass is 19.1. The second-order valence-corrected chi connectivity index (χ2v) is 4.46. The zero-order valence-electron chi connectivity index (χ0n) is 10.3. The molecule has 1 heterocycles. The quantitative estimate of drug-likeness (QED) is 0.817. The fourth-order valence-electron chi connectivity index (χ4n) is 1.94. The van der Waals surface area contributed by atoms with Gasteiger partial charge in [0.05, 0.1) is 25.2 Å². The van der Waals surface area contributed by atoms with Gasteiger partial charge in [-0.05, 0) is 12.1 Å². The molecule has 1 amide bonds. The van der Waals surface area contributed by atoms with Crippen LogP contribution in [0.4, 0.5) is 4.39 Å². The molecule has 1 saturated heterocycles. The van der Waals surface area contributed by atoms with Gasteiger partial charge in [-0.15, -0.1) is 0 Å². The van der Waals surface area contributed by atoms with E-state index < -0.39 is 18.0 Å². The Kier molecular flexibility index (Phi) is 4.34. The SMILES string of the molecule is O=C(CCOc1ccccc1F)N1C[C@@H](O)[C@@H](O)C1. The molecule has 0 radical (unpaired) electrons. The lowest BCUT2D eigenvalue weighted by Gasteiger charge is -2.15. The standard InChI is InChI=1S/C13H16FNO4/c14-9-3-1-2-4-12(9)19-6-5-13(18)15-7-10(16)11(17)8-15/h1-4,10-11,16-17H,5-8H2/t10-,11+. The molecule has 2 rings (SSSR count). The van der Waals surface area contributed by atoms with Crippen LogP contribution in [-0.4, -0.2) is 52.9 Å². The molecule has 0 saturated carbocycles. The summed E-state index contributed by atoms with van der Waals surface area (Å²) in [6, 6.07) is 5.97. The summed E-state index contributed by atoms with van der Waals surface area (Å²) in [5.74, 6) is -0.592. The third-order valence-electron chi connectivity index (χ3n) is 3.02. The molecule has 6 heteroatoms. The number of hydrogen-bond acceptors (Lipinski definition) is 4.